The molecular formula is C25H22N2O3S. The van der Waals surface area contributed by atoms with Crippen LogP contribution >= 0.6 is 11.8 Å². The highest BCUT2D eigenvalue weighted by atomic mass is 32.2. The predicted molar refractivity (Wildman–Crippen MR) is 123 cm³/mol. The molecule has 3 aromatic carbocycles. The Kier molecular flexibility index (Phi) is 4.74. The van der Waals surface area contributed by atoms with Gasteiger partial charge in [0, 0.05) is 17.3 Å². The number of fused-ring (bicyclic) bond motifs is 2. The van der Waals surface area contributed by atoms with E-state index in [9.17, 15) is 9.59 Å². The van der Waals surface area contributed by atoms with Crippen molar-refractivity contribution in [3.05, 3.63) is 89.5 Å². The maximum atomic E-state index is 14.0. The molecule has 0 bridgehead atoms. The number of carbonyl (C=O) groups excluding carboxylic acids is 2. The molecule has 2 aliphatic rings. The van der Waals surface area contributed by atoms with E-state index < -0.39 is 4.87 Å². The van der Waals surface area contributed by atoms with Crippen molar-refractivity contribution >= 4 is 35.0 Å². The number of benzene rings is 3. The summed E-state index contributed by atoms with van der Waals surface area (Å²) in [5.74, 6) is 0.717. The number of para-hydroxylation sites is 1. The molecule has 1 spiro atoms. The number of ether oxygens (including phenoxy) is 1. The quantitative estimate of drug-likeness (QED) is 0.612. The van der Waals surface area contributed by atoms with Crippen molar-refractivity contribution in [1.82, 2.24) is 0 Å². The molecule has 1 atom stereocenters. The van der Waals surface area contributed by atoms with Crippen LogP contribution in [-0.2, 0) is 21.0 Å². The van der Waals surface area contributed by atoms with E-state index in [0.717, 1.165) is 16.8 Å². The first-order valence-electron chi connectivity index (χ1n) is 10.1. The Balaban J connectivity index is 1.63. The van der Waals surface area contributed by atoms with Crippen molar-refractivity contribution in [2.24, 2.45) is 0 Å². The average molecular weight is 431 g/mol. The van der Waals surface area contributed by atoms with Crippen molar-refractivity contribution in [3.63, 3.8) is 0 Å². The highest BCUT2D eigenvalue weighted by Gasteiger charge is 2.60. The van der Waals surface area contributed by atoms with E-state index in [-0.39, 0.29) is 17.6 Å². The van der Waals surface area contributed by atoms with Gasteiger partial charge in [-0.15, -0.1) is 11.8 Å². The van der Waals surface area contributed by atoms with E-state index in [0.29, 0.717) is 18.0 Å². The first-order chi connectivity index (χ1) is 15.0. The zero-order valence-electron chi connectivity index (χ0n) is 17.4. The molecule has 156 valence electrons. The molecule has 2 amide bonds. The van der Waals surface area contributed by atoms with Gasteiger partial charge in [0.25, 0.3) is 5.91 Å². The van der Waals surface area contributed by atoms with Gasteiger partial charge in [-0.3, -0.25) is 14.5 Å². The van der Waals surface area contributed by atoms with E-state index in [1.165, 1.54) is 17.3 Å². The number of nitrogens with zero attached hydrogens (tertiary/aromatic N) is 2. The van der Waals surface area contributed by atoms with Crippen molar-refractivity contribution in [3.8, 4) is 5.75 Å². The van der Waals surface area contributed by atoms with Crippen molar-refractivity contribution in [1.29, 1.82) is 0 Å². The number of methoxy groups -OCH3 is 1. The summed E-state index contributed by atoms with van der Waals surface area (Å²) in [6, 6.07) is 23.3. The van der Waals surface area contributed by atoms with E-state index in [1.807, 2.05) is 79.7 Å². The number of anilines is 2. The van der Waals surface area contributed by atoms with Gasteiger partial charge in [0.15, 0.2) is 0 Å². The second-order valence-corrected chi connectivity index (χ2v) is 8.93. The van der Waals surface area contributed by atoms with Crippen LogP contribution in [0.5, 0.6) is 5.75 Å². The molecule has 2 aliphatic heterocycles. The van der Waals surface area contributed by atoms with Gasteiger partial charge in [0.05, 0.1) is 25.1 Å². The second-order valence-electron chi connectivity index (χ2n) is 7.76. The van der Waals surface area contributed by atoms with Gasteiger partial charge in [-0.1, -0.05) is 54.1 Å². The van der Waals surface area contributed by atoms with Gasteiger partial charge in [-0.05, 0) is 30.7 Å². The number of hydrogen-bond acceptors (Lipinski definition) is 4. The minimum Gasteiger partial charge on any atom is -0.497 e. The Morgan fingerprint density at radius 3 is 2.55 bits per heavy atom. The Morgan fingerprint density at radius 2 is 1.77 bits per heavy atom. The minimum absolute atomic E-state index is 0.0846. The van der Waals surface area contributed by atoms with Crippen LogP contribution in [0.2, 0.25) is 0 Å². The van der Waals surface area contributed by atoms with Crippen LogP contribution in [-0.4, -0.2) is 24.7 Å². The van der Waals surface area contributed by atoms with Gasteiger partial charge in [0.2, 0.25) is 10.8 Å². The molecule has 1 saturated heterocycles. The molecular weight excluding hydrogens is 408 g/mol. The molecule has 0 N–H and O–H groups in total. The van der Waals surface area contributed by atoms with Crippen LogP contribution in [0.3, 0.4) is 0 Å². The zero-order valence-corrected chi connectivity index (χ0v) is 18.2. The van der Waals surface area contributed by atoms with Gasteiger partial charge < -0.3 is 9.64 Å². The first kappa shape index (κ1) is 19.7. The Morgan fingerprint density at radius 1 is 1.00 bits per heavy atom. The van der Waals surface area contributed by atoms with Gasteiger partial charge in [0.1, 0.15) is 5.75 Å². The average Bonchev–Trinajstić information content (AvgIpc) is 3.26. The summed E-state index contributed by atoms with van der Waals surface area (Å²) in [6.45, 7) is 2.50. The maximum Gasteiger partial charge on any atom is 0.269 e. The molecule has 0 radical (unpaired) electrons. The summed E-state index contributed by atoms with van der Waals surface area (Å²) in [7, 11) is 1.59. The summed E-state index contributed by atoms with van der Waals surface area (Å²) in [6.07, 6.45) is 0. The van der Waals surface area contributed by atoms with Gasteiger partial charge >= 0.3 is 0 Å². The molecule has 0 saturated carbocycles. The molecule has 0 aromatic heterocycles. The van der Waals surface area contributed by atoms with Crippen LogP contribution in [0.25, 0.3) is 0 Å². The lowest BCUT2D eigenvalue weighted by Crippen LogP contribution is -2.49. The van der Waals surface area contributed by atoms with Crippen LogP contribution in [0.4, 0.5) is 11.4 Å². The summed E-state index contributed by atoms with van der Waals surface area (Å²) in [4.78, 5) is 29.5. The molecule has 3 aromatic rings. The smallest absolute Gasteiger partial charge is 0.269 e. The third-order valence-electron chi connectivity index (χ3n) is 5.84. The molecule has 31 heavy (non-hydrogen) atoms. The zero-order chi connectivity index (χ0) is 21.6. The van der Waals surface area contributed by atoms with E-state index in [2.05, 4.69) is 0 Å². The molecule has 0 aliphatic carbocycles. The third-order valence-corrected chi connectivity index (χ3v) is 7.22. The van der Waals surface area contributed by atoms with Crippen LogP contribution in [0, 0.1) is 6.92 Å². The molecule has 2 heterocycles. The largest absolute Gasteiger partial charge is 0.497 e. The number of hydrogen-bond donors (Lipinski definition) is 0. The summed E-state index contributed by atoms with van der Waals surface area (Å²) < 4.78 is 5.37. The molecule has 5 nitrogen and oxygen atoms in total. The number of carbonyl (C=O) groups is 2. The summed E-state index contributed by atoms with van der Waals surface area (Å²) in [5.41, 5.74) is 4.59. The monoisotopic (exact) mass is 430 g/mol. The topological polar surface area (TPSA) is 49.9 Å². The second kappa shape index (κ2) is 7.46. The lowest BCUT2D eigenvalue weighted by Gasteiger charge is -2.33. The number of aryl methyl sites for hydroxylation is 1. The number of amides is 2. The lowest BCUT2D eigenvalue weighted by atomic mass is 10.0. The standard InChI is InChI=1S/C25H22N2O3S/c1-17-10-12-18(13-11-17)15-26-22-9-4-3-8-21(22)25(24(26)29)27(23(28)16-31-25)19-6-5-7-20(14-19)30-2/h3-14H,15-16H2,1-2H3/t25-/m1/s1. The highest BCUT2D eigenvalue weighted by Crippen LogP contribution is 2.56. The van der Waals surface area contributed by atoms with Crippen LogP contribution < -0.4 is 14.5 Å². The van der Waals surface area contributed by atoms with E-state index >= 15 is 0 Å². The molecule has 6 heteroatoms. The fraction of sp³-hybridized carbons (Fsp3) is 0.200. The number of rotatable bonds is 4. The normalized spacial score (nSPS) is 19.9. The Bertz CT molecular complexity index is 1180. The van der Waals surface area contributed by atoms with Crippen LogP contribution in [0.1, 0.15) is 16.7 Å². The van der Waals surface area contributed by atoms with Gasteiger partial charge in [-0.2, -0.15) is 0 Å². The SMILES string of the molecule is COc1cccc(N2C(=O)CS[C@]23C(=O)N(Cc2ccc(C)cc2)c2ccccc23)c1. The Hall–Kier alpha value is -3.25. The first-order valence-corrected chi connectivity index (χ1v) is 11.1. The third kappa shape index (κ3) is 3.01. The Labute approximate surface area is 185 Å². The minimum atomic E-state index is -1.11. The highest BCUT2D eigenvalue weighted by molar-refractivity contribution is 8.02. The summed E-state index contributed by atoms with van der Waals surface area (Å²) in [5, 5.41) is 0. The fourth-order valence-electron chi connectivity index (χ4n) is 4.34. The summed E-state index contributed by atoms with van der Waals surface area (Å²) >= 11 is 1.39. The predicted octanol–water partition coefficient (Wildman–Crippen LogP) is 4.48. The van der Waals surface area contributed by atoms with Crippen LogP contribution in [0.15, 0.2) is 72.8 Å². The van der Waals surface area contributed by atoms with Crippen molar-refractivity contribution in [2.45, 2.75) is 18.3 Å². The molecule has 0 unspecified atom stereocenters. The maximum absolute atomic E-state index is 14.0. The molecule has 5 rings (SSSR count). The lowest BCUT2D eigenvalue weighted by molar-refractivity contribution is -0.123. The van der Waals surface area contributed by atoms with E-state index in [4.69, 9.17) is 4.74 Å². The number of thioether (sulfide) groups is 1. The van der Waals surface area contributed by atoms with Crippen molar-refractivity contribution in [2.75, 3.05) is 22.7 Å². The molecule has 1 fully saturated rings. The van der Waals surface area contributed by atoms with Crippen molar-refractivity contribution < 1.29 is 14.3 Å². The fourth-order valence-corrected chi connectivity index (χ4v) is 5.70. The van der Waals surface area contributed by atoms with Gasteiger partial charge in [-0.25, -0.2) is 0 Å². The van der Waals surface area contributed by atoms with E-state index in [1.54, 1.807) is 16.9 Å².